The molecule has 0 bridgehead atoms. The predicted octanol–water partition coefficient (Wildman–Crippen LogP) is 6.40. The lowest BCUT2D eigenvalue weighted by Crippen LogP contribution is -2.31. The van der Waals surface area contributed by atoms with Crippen molar-refractivity contribution in [2.75, 3.05) is 26.3 Å². The van der Waals surface area contributed by atoms with Crippen molar-refractivity contribution < 1.29 is 9.84 Å². The lowest BCUT2D eigenvalue weighted by molar-refractivity contribution is 0.0495. The zero-order valence-corrected chi connectivity index (χ0v) is 18.4. The lowest BCUT2D eigenvalue weighted by Gasteiger charge is -2.11. The van der Waals surface area contributed by atoms with Gasteiger partial charge >= 0.3 is 0 Å². The summed E-state index contributed by atoms with van der Waals surface area (Å²) in [5.41, 5.74) is 0. The van der Waals surface area contributed by atoms with E-state index in [1.54, 1.807) is 6.08 Å². The Morgan fingerprint density at radius 2 is 1.22 bits per heavy atom. The highest BCUT2D eigenvalue weighted by Crippen LogP contribution is 2.13. The minimum atomic E-state index is -0.411. The van der Waals surface area contributed by atoms with Crippen molar-refractivity contribution in [2.24, 2.45) is 0 Å². The molecule has 2 N–H and O–H groups in total. The molecule has 0 aromatic heterocycles. The molecule has 0 aliphatic heterocycles. The van der Waals surface area contributed by atoms with E-state index in [0.717, 1.165) is 6.54 Å². The fourth-order valence-corrected chi connectivity index (χ4v) is 3.41. The van der Waals surface area contributed by atoms with E-state index in [4.69, 9.17) is 4.74 Å². The molecule has 162 valence electrons. The molecule has 0 aromatic rings. The Labute approximate surface area is 170 Å². The Kier molecular flexibility index (Phi) is 23.3. The van der Waals surface area contributed by atoms with Crippen LogP contribution in [0.3, 0.4) is 0 Å². The monoisotopic (exact) mass is 383 g/mol. The molecule has 0 spiro atoms. The molecule has 3 heteroatoms. The van der Waals surface area contributed by atoms with Gasteiger partial charge in [0.2, 0.25) is 0 Å². The van der Waals surface area contributed by atoms with Gasteiger partial charge in [-0.3, -0.25) is 0 Å². The van der Waals surface area contributed by atoms with Gasteiger partial charge in [0.05, 0.1) is 19.3 Å². The van der Waals surface area contributed by atoms with Gasteiger partial charge < -0.3 is 15.2 Å². The molecule has 3 nitrogen and oxygen atoms in total. The second-order valence-corrected chi connectivity index (χ2v) is 7.99. The average Bonchev–Trinajstić information content (AvgIpc) is 2.67. The number of aliphatic hydroxyl groups is 1. The summed E-state index contributed by atoms with van der Waals surface area (Å²) >= 11 is 0. The van der Waals surface area contributed by atoms with Gasteiger partial charge in [0.25, 0.3) is 0 Å². The number of nitrogens with one attached hydrogen (secondary N) is 1. The van der Waals surface area contributed by atoms with Gasteiger partial charge in [-0.15, -0.1) is 6.58 Å². The third-order valence-corrected chi connectivity index (χ3v) is 5.13. The van der Waals surface area contributed by atoms with E-state index >= 15 is 0 Å². The average molecular weight is 384 g/mol. The minimum absolute atomic E-state index is 0.387. The van der Waals surface area contributed by atoms with Gasteiger partial charge in [-0.2, -0.15) is 0 Å². The highest BCUT2D eigenvalue weighted by atomic mass is 16.5. The largest absolute Gasteiger partial charge is 0.389 e. The number of hydrogen-bond acceptors (Lipinski definition) is 3. The van der Waals surface area contributed by atoms with Crippen molar-refractivity contribution in [1.29, 1.82) is 0 Å². The van der Waals surface area contributed by atoms with Crippen LogP contribution >= 0.6 is 0 Å². The van der Waals surface area contributed by atoms with Gasteiger partial charge in [-0.25, -0.2) is 0 Å². The first kappa shape index (κ1) is 26.6. The van der Waals surface area contributed by atoms with E-state index in [0.29, 0.717) is 19.8 Å². The number of hydrogen-bond donors (Lipinski definition) is 2. The number of rotatable bonds is 23. The molecule has 0 fully saturated rings. The quantitative estimate of drug-likeness (QED) is 0.158. The molecule has 0 heterocycles. The molecule has 0 aromatic carbocycles. The first-order valence-corrected chi connectivity index (χ1v) is 11.9. The van der Waals surface area contributed by atoms with Crippen LogP contribution in [0.15, 0.2) is 12.7 Å². The van der Waals surface area contributed by atoms with Crippen LogP contribution in [0.2, 0.25) is 0 Å². The summed E-state index contributed by atoms with van der Waals surface area (Å²) in [6.07, 6.45) is 23.7. The van der Waals surface area contributed by atoms with Crippen molar-refractivity contribution in [3.8, 4) is 0 Å². The maximum Gasteiger partial charge on any atom is 0.0897 e. The van der Waals surface area contributed by atoms with Crippen molar-refractivity contribution in [1.82, 2.24) is 5.32 Å². The molecule has 0 rings (SSSR count). The summed E-state index contributed by atoms with van der Waals surface area (Å²) in [5, 5.41) is 13.0. The highest BCUT2D eigenvalue weighted by Gasteiger charge is 2.02. The molecule has 27 heavy (non-hydrogen) atoms. The molecule has 0 radical (unpaired) electrons. The van der Waals surface area contributed by atoms with E-state index in [-0.39, 0.29) is 0 Å². The van der Waals surface area contributed by atoms with Crippen LogP contribution in [0.5, 0.6) is 0 Å². The zero-order valence-electron chi connectivity index (χ0n) is 18.4. The SMILES string of the molecule is C=CCOCC(O)CNCCCCCCCCCCCCCCCCCC. The molecule has 0 amide bonds. The first-order valence-electron chi connectivity index (χ1n) is 11.9. The Hall–Kier alpha value is -0.380. The molecule has 1 atom stereocenters. The number of ether oxygens (including phenoxy) is 1. The van der Waals surface area contributed by atoms with Crippen molar-refractivity contribution >= 4 is 0 Å². The highest BCUT2D eigenvalue weighted by molar-refractivity contribution is 4.65. The topological polar surface area (TPSA) is 41.5 Å². The predicted molar refractivity (Wildman–Crippen MR) is 119 cm³/mol. The summed E-state index contributed by atoms with van der Waals surface area (Å²) in [6.45, 7) is 8.39. The van der Waals surface area contributed by atoms with E-state index in [1.807, 2.05) is 0 Å². The van der Waals surface area contributed by atoms with E-state index in [1.165, 1.54) is 103 Å². The summed E-state index contributed by atoms with van der Waals surface area (Å²) < 4.78 is 5.22. The molecule has 0 saturated carbocycles. The van der Waals surface area contributed by atoms with Gasteiger partial charge in [-0.1, -0.05) is 109 Å². The Morgan fingerprint density at radius 1 is 0.778 bits per heavy atom. The second kappa shape index (κ2) is 23.7. The normalized spacial score (nSPS) is 12.4. The second-order valence-electron chi connectivity index (χ2n) is 7.99. The van der Waals surface area contributed by atoms with Crippen LogP contribution in [0, 0.1) is 0 Å². The molecule has 0 saturated heterocycles. The van der Waals surface area contributed by atoms with Gasteiger partial charge in [0.15, 0.2) is 0 Å². The van der Waals surface area contributed by atoms with Gasteiger partial charge in [-0.05, 0) is 13.0 Å². The summed E-state index contributed by atoms with van der Waals surface area (Å²) in [6, 6.07) is 0. The van der Waals surface area contributed by atoms with Crippen LogP contribution < -0.4 is 5.32 Å². The summed E-state index contributed by atoms with van der Waals surface area (Å²) in [7, 11) is 0. The zero-order chi connectivity index (χ0) is 19.8. The van der Waals surface area contributed by atoms with Crippen molar-refractivity contribution in [2.45, 2.75) is 116 Å². The van der Waals surface area contributed by atoms with E-state index < -0.39 is 6.10 Å². The van der Waals surface area contributed by atoms with Crippen LogP contribution in [0.4, 0.5) is 0 Å². The van der Waals surface area contributed by atoms with Crippen LogP contribution in [0.1, 0.15) is 110 Å². The molecule has 1 unspecified atom stereocenters. The van der Waals surface area contributed by atoms with Crippen LogP contribution in [0.25, 0.3) is 0 Å². The van der Waals surface area contributed by atoms with Gasteiger partial charge in [0, 0.05) is 6.54 Å². The maximum atomic E-state index is 9.69. The summed E-state index contributed by atoms with van der Waals surface area (Å²) in [5.74, 6) is 0. The third kappa shape index (κ3) is 23.6. The van der Waals surface area contributed by atoms with E-state index in [9.17, 15) is 5.11 Å². The van der Waals surface area contributed by atoms with Crippen molar-refractivity contribution in [3.05, 3.63) is 12.7 Å². The Morgan fingerprint density at radius 3 is 1.67 bits per heavy atom. The maximum absolute atomic E-state index is 9.69. The fourth-order valence-electron chi connectivity index (χ4n) is 3.41. The molecule has 0 aliphatic rings. The van der Waals surface area contributed by atoms with Crippen LogP contribution in [-0.2, 0) is 4.74 Å². The standard InChI is InChI=1S/C24H49NO2/c1-3-5-6-7-8-9-10-11-12-13-14-15-16-17-18-19-20-25-22-24(26)23-27-21-4-2/h4,24-26H,2-3,5-23H2,1H3. The van der Waals surface area contributed by atoms with Crippen molar-refractivity contribution in [3.63, 3.8) is 0 Å². The fraction of sp³-hybridized carbons (Fsp3) is 0.917. The first-order chi connectivity index (χ1) is 13.3. The van der Waals surface area contributed by atoms with E-state index in [2.05, 4.69) is 18.8 Å². The lowest BCUT2D eigenvalue weighted by atomic mass is 10.0. The third-order valence-electron chi connectivity index (χ3n) is 5.13. The molecule has 0 aliphatic carbocycles. The molecular formula is C24H49NO2. The van der Waals surface area contributed by atoms with Gasteiger partial charge in [0.1, 0.15) is 0 Å². The minimum Gasteiger partial charge on any atom is -0.389 e. The molecular weight excluding hydrogens is 334 g/mol. The summed E-state index contributed by atoms with van der Waals surface area (Å²) in [4.78, 5) is 0. The Bertz CT molecular complexity index is 284. The number of aliphatic hydroxyl groups excluding tert-OH is 1. The smallest absolute Gasteiger partial charge is 0.0897 e. The Balaban J connectivity index is 3.05. The number of unbranched alkanes of at least 4 members (excludes halogenated alkanes) is 15. The van der Waals surface area contributed by atoms with Crippen LogP contribution in [-0.4, -0.2) is 37.5 Å².